The molecule has 2 aromatic rings. The van der Waals surface area contributed by atoms with Gasteiger partial charge in [0.1, 0.15) is 5.69 Å². The van der Waals surface area contributed by atoms with Crippen LogP contribution in [0.25, 0.3) is 0 Å². The number of urea groups is 1. The Morgan fingerprint density at radius 1 is 1.14 bits per heavy atom. The molecule has 0 aliphatic heterocycles. The van der Waals surface area contributed by atoms with Crippen LogP contribution in [-0.2, 0) is 6.54 Å². The van der Waals surface area contributed by atoms with Crippen LogP contribution in [0.5, 0.6) is 0 Å². The number of unbranched alkanes of at least 4 members (excludes halogenated alkanes) is 1. The summed E-state index contributed by atoms with van der Waals surface area (Å²) < 4.78 is 1.58. The number of aromatic nitrogens is 1. The van der Waals surface area contributed by atoms with E-state index in [4.69, 9.17) is 0 Å². The number of hydrogen-bond donors (Lipinski definition) is 2. The van der Waals surface area contributed by atoms with Crippen LogP contribution in [0.15, 0.2) is 53.5 Å². The van der Waals surface area contributed by atoms with Crippen molar-refractivity contribution in [3.8, 4) is 0 Å². The first-order valence-corrected chi connectivity index (χ1v) is 7.49. The molecule has 0 bridgehead atoms. The molecule has 0 saturated carbocycles. The van der Waals surface area contributed by atoms with Crippen LogP contribution in [-0.4, -0.2) is 17.1 Å². The zero-order valence-corrected chi connectivity index (χ0v) is 12.7. The summed E-state index contributed by atoms with van der Waals surface area (Å²) in [6.07, 6.45) is 3.64. The van der Waals surface area contributed by atoms with Crippen LogP contribution in [0.3, 0.4) is 0 Å². The predicted molar refractivity (Wildman–Crippen MR) is 88.2 cm³/mol. The largest absolute Gasteiger partial charge is 0.338 e. The Kier molecular flexibility index (Phi) is 5.77. The lowest BCUT2D eigenvalue weighted by atomic mass is 10.2. The van der Waals surface area contributed by atoms with Gasteiger partial charge in [-0.3, -0.25) is 4.79 Å². The number of amides is 2. The molecule has 2 N–H and O–H groups in total. The highest BCUT2D eigenvalue weighted by molar-refractivity contribution is 5.88. The van der Waals surface area contributed by atoms with Crippen molar-refractivity contribution in [2.24, 2.45) is 0 Å². The highest BCUT2D eigenvalue weighted by Crippen LogP contribution is 2.03. The van der Waals surface area contributed by atoms with E-state index in [0.717, 1.165) is 18.4 Å². The van der Waals surface area contributed by atoms with Crippen LogP contribution in [0.1, 0.15) is 25.3 Å². The van der Waals surface area contributed by atoms with Crippen molar-refractivity contribution in [1.29, 1.82) is 0 Å². The van der Waals surface area contributed by atoms with E-state index in [1.54, 1.807) is 22.9 Å². The average molecular weight is 299 g/mol. The summed E-state index contributed by atoms with van der Waals surface area (Å²) in [4.78, 5) is 24.1. The maximum absolute atomic E-state index is 12.4. The maximum Gasteiger partial charge on any atom is 0.319 e. The fourth-order valence-electron chi connectivity index (χ4n) is 2.08. The highest BCUT2D eigenvalue weighted by Gasteiger charge is 2.07. The molecular weight excluding hydrogens is 278 g/mol. The Hall–Kier alpha value is -2.56. The average Bonchev–Trinajstić information content (AvgIpc) is 2.52. The van der Waals surface area contributed by atoms with E-state index in [1.165, 1.54) is 0 Å². The number of benzene rings is 1. The van der Waals surface area contributed by atoms with Gasteiger partial charge in [-0.2, -0.15) is 0 Å². The summed E-state index contributed by atoms with van der Waals surface area (Å²) in [6.45, 7) is 3.14. The second-order valence-electron chi connectivity index (χ2n) is 5.07. The van der Waals surface area contributed by atoms with Crippen molar-refractivity contribution >= 4 is 11.7 Å². The van der Waals surface area contributed by atoms with Crippen molar-refractivity contribution in [2.75, 3.05) is 11.9 Å². The van der Waals surface area contributed by atoms with Crippen LogP contribution in [0.2, 0.25) is 0 Å². The molecule has 2 amide bonds. The minimum absolute atomic E-state index is 0.211. The molecule has 0 atom stereocenters. The molecule has 0 aliphatic rings. The Balaban J connectivity index is 2.06. The minimum Gasteiger partial charge on any atom is -0.338 e. The van der Waals surface area contributed by atoms with Crippen LogP contribution < -0.4 is 16.2 Å². The second-order valence-corrected chi connectivity index (χ2v) is 5.07. The molecule has 116 valence electrons. The van der Waals surface area contributed by atoms with Gasteiger partial charge in [0.25, 0.3) is 5.56 Å². The van der Waals surface area contributed by atoms with Gasteiger partial charge in [-0.15, -0.1) is 0 Å². The van der Waals surface area contributed by atoms with Crippen molar-refractivity contribution in [2.45, 2.75) is 26.3 Å². The highest BCUT2D eigenvalue weighted by atomic mass is 16.2. The third-order valence-electron chi connectivity index (χ3n) is 3.28. The number of nitrogens with zero attached hydrogens (tertiary/aromatic N) is 1. The number of anilines is 1. The first kappa shape index (κ1) is 15.8. The van der Waals surface area contributed by atoms with E-state index in [-0.39, 0.29) is 17.3 Å². The summed E-state index contributed by atoms with van der Waals surface area (Å²) in [5, 5.41) is 5.34. The molecule has 0 aliphatic carbocycles. The molecule has 0 spiro atoms. The lowest BCUT2D eigenvalue weighted by Gasteiger charge is -2.10. The van der Waals surface area contributed by atoms with E-state index in [0.29, 0.717) is 13.1 Å². The fraction of sp³-hybridized carbons (Fsp3) is 0.294. The molecular formula is C17H21N3O2. The topological polar surface area (TPSA) is 63.1 Å². The van der Waals surface area contributed by atoms with E-state index in [9.17, 15) is 9.59 Å². The van der Waals surface area contributed by atoms with E-state index < -0.39 is 0 Å². The van der Waals surface area contributed by atoms with Crippen molar-refractivity contribution in [3.63, 3.8) is 0 Å². The van der Waals surface area contributed by atoms with E-state index in [2.05, 4.69) is 17.6 Å². The Labute approximate surface area is 130 Å². The lowest BCUT2D eigenvalue weighted by molar-refractivity contribution is 0.252. The van der Waals surface area contributed by atoms with Gasteiger partial charge in [-0.1, -0.05) is 43.7 Å². The summed E-state index contributed by atoms with van der Waals surface area (Å²) in [6, 6.07) is 12.8. The zero-order valence-electron chi connectivity index (χ0n) is 12.7. The maximum atomic E-state index is 12.4. The standard InChI is InChI=1S/C17H21N3O2/c1-2-3-11-18-17(22)19-15-10-7-12-20(16(15)21)13-14-8-5-4-6-9-14/h4-10,12H,2-3,11,13H2,1H3,(H2,18,19,22). The third kappa shape index (κ3) is 4.48. The molecule has 5 nitrogen and oxygen atoms in total. The van der Waals surface area contributed by atoms with E-state index >= 15 is 0 Å². The molecule has 2 rings (SSSR count). The Morgan fingerprint density at radius 2 is 1.91 bits per heavy atom. The lowest BCUT2D eigenvalue weighted by Crippen LogP contribution is -2.33. The molecule has 0 saturated heterocycles. The number of nitrogens with one attached hydrogen (secondary N) is 2. The third-order valence-corrected chi connectivity index (χ3v) is 3.28. The number of carbonyl (C=O) groups excluding carboxylic acids is 1. The van der Waals surface area contributed by atoms with Gasteiger partial charge in [0.2, 0.25) is 0 Å². The van der Waals surface area contributed by atoms with Gasteiger partial charge in [-0.05, 0) is 24.1 Å². The minimum atomic E-state index is -0.344. The Bertz CT molecular complexity index is 665. The quantitative estimate of drug-likeness (QED) is 0.806. The van der Waals surface area contributed by atoms with Crippen molar-refractivity contribution in [1.82, 2.24) is 9.88 Å². The smallest absolute Gasteiger partial charge is 0.319 e. The number of hydrogen-bond acceptors (Lipinski definition) is 2. The molecule has 0 unspecified atom stereocenters. The number of pyridine rings is 1. The molecule has 22 heavy (non-hydrogen) atoms. The van der Waals surface area contributed by atoms with Gasteiger partial charge in [0.05, 0.1) is 6.54 Å². The molecule has 1 aromatic carbocycles. The van der Waals surface area contributed by atoms with Gasteiger partial charge < -0.3 is 15.2 Å². The zero-order chi connectivity index (χ0) is 15.8. The SMILES string of the molecule is CCCCNC(=O)Nc1cccn(Cc2ccccc2)c1=O. The van der Waals surface area contributed by atoms with Crippen LogP contribution >= 0.6 is 0 Å². The summed E-state index contributed by atoms with van der Waals surface area (Å²) in [5.74, 6) is 0. The first-order valence-electron chi connectivity index (χ1n) is 7.49. The predicted octanol–water partition coefficient (Wildman–Crippen LogP) is 2.82. The fourth-order valence-corrected chi connectivity index (χ4v) is 2.08. The van der Waals surface area contributed by atoms with E-state index in [1.807, 2.05) is 30.3 Å². The number of carbonyl (C=O) groups is 1. The van der Waals surface area contributed by atoms with Gasteiger partial charge >= 0.3 is 6.03 Å². The molecule has 1 aromatic heterocycles. The first-order chi connectivity index (χ1) is 10.7. The Morgan fingerprint density at radius 3 is 2.64 bits per heavy atom. The van der Waals surface area contributed by atoms with Gasteiger partial charge in [-0.25, -0.2) is 4.79 Å². The second kappa shape index (κ2) is 8.02. The molecule has 0 radical (unpaired) electrons. The van der Waals surface area contributed by atoms with Gasteiger partial charge in [0.15, 0.2) is 0 Å². The van der Waals surface area contributed by atoms with Gasteiger partial charge in [0, 0.05) is 12.7 Å². The normalized spacial score (nSPS) is 10.2. The number of rotatable bonds is 6. The van der Waals surface area contributed by atoms with Crippen LogP contribution in [0.4, 0.5) is 10.5 Å². The van der Waals surface area contributed by atoms with Crippen molar-refractivity contribution in [3.05, 3.63) is 64.6 Å². The summed E-state index contributed by atoms with van der Waals surface area (Å²) >= 11 is 0. The summed E-state index contributed by atoms with van der Waals surface area (Å²) in [7, 11) is 0. The molecule has 5 heteroatoms. The monoisotopic (exact) mass is 299 g/mol. The molecule has 0 fully saturated rings. The summed E-state index contributed by atoms with van der Waals surface area (Å²) in [5.41, 5.74) is 1.11. The molecule has 1 heterocycles. The van der Waals surface area contributed by atoms with Crippen LogP contribution in [0, 0.1) is 0 Å². The van der Waals surface area contributed by atoms with Crippen molar-refractivity contribution < 1.29 is 4.79 Å².